The molecule has 5 rings (SSSR count). The number of aryl methyl sites for hydroxylation is 1. The Bertz CT molecular complexity index is 1490. The quantitative estimate of drug-likeness (QED) is 0.433. The zero-order valence-corrected chi connectivity index (χ0v) is 23.1. The van der Waals surface area contributed by atoms with Crippen LogP contribution in [0.25, 0.3) is 11.1 Å². The second-order valence-electron chi connectivity index (χ2n) is 10.0. The molecule has 2 aromatic carbocycles. The van der Waals surface area contributed by atoms with E-state index in [-0.39, 0.29) is 18.8 Å². The van der Waals surface area contributed by atoms with Crippen LogP contribution in [0.5, 0.6) is 5.88 Å². The van der Waals surface area contributed by atoms with Crippen molar-refractivity contribution in [1.29, 1.82) is 0 Å². The summed E-state index contributed by atoms with van der Waals surface area (Å²) in [4.78, 5) is 31.0. The number of hydrogen-bond acceptors (Lipinski definition) is 7. The van der Waals surface area contributed by atoms with Crippen LogP contribution in [-0.2, 0) is 34.2 Å². The second-order valence-corrected chi connectivity index (χ2v) is 11.8. The second kappa shape index (κ2) is 12.0. The summed E-state index contributed by atoms with van der Waals surface area (Å²) in [6.45, 7) is 1.28. The number of hydrogen-bond donors (Lipinski definition) is 2. The van der Waals surface area contributed by atoms with E-state index < -0.39 is 16.1 Å². The minimum atomic E-state index is -3.71. The molecular weight excluding hydrogens is 532 g/mol. The molecule has 10 nitrogen and oxygen atoms in total. The molecule has 40 heavy (non-hydrogen) atoms. The van der Waals surface area contributed by atoms with Gasteiger partial charge in [-0.3, -0.25) is 0 Å². The van der Waals surface area contributed by atoms with Gasteiger partial charge in [0, 0.05) is 43.8 Å². The Morgan fingerprint density at radius 2 is 1.82 bits per heavy atom. The van der Waals surface area contributed by atoms with Crippen molar-refractivity contribution in [2.75, 3.05) is 24.7 Å². The molecule has 11 heteroatoms. The number of amides is 3. The molecule has 0 atom stereocenters. The van der Waals surface area contributed by atoms with Crippen molar-refractivity contribution >= 4 is 27.8 Å². The van der Waals surface area contributed by atoms with Crippen molar-refractivity contribution in [3.63, 3.8) is 0 Å². The zero-order valence-electron chi connectivity index (χ0n) is 22.3. The molecule has 2 aliphatic rings. The first-order chi connectivity index (χ1) is 19.2. The number of aromatic nitrogens is 1. The standard InChI is InChI=1S/C29H32N4O6S/c1-40(36,37)32-28(34)31-27-24-9-5-8-21(24)10-11-25(27)22-12-15-30-26(18-22)39-23-13-16-33(17-14-23)29(35)38-19-20-6-3-2-4-7-20/h2-4,6-7,10-12,15,18,23H,5,8-9,13-14,16-17,19H2,1H3,(H2,31,32,34). The van der Waals surface area contributed by atoms with Crippen LogP contribution in [0.4, 0.5) is 15.3 Å². The third-order valence-corrected chi connectivity index (χ3v) is 7.59. The van der Waals surface area contributed by atoms with Gasteiger partial charge in [0.05, 0.1) is 11.9 Å². The number of rotatable bonds is 7. The van der Waals surface area contributed by atoms with Crippen LogP contribution in [0.2, 0.25) is 0 Å². The van der Waals surface area contributed by atoms with E-state index in [9.17, 15) is 18.0 Å². The first kappa shape index (κ1) is 27.4. The van der Waals surface area contributed by atoms with Gasteiger partial charge < -0.3 is 19.7 Å². The van der Waals surface area contributed by atoms with Gasteiger partial charge in [0.1, 0.15) is 12.7 Å². The SMILES string of the molecule is CS(=O)(=O)NC(=O)Nc1c(-c2ccnc(OC3CCN(C(=O)OCc4ccccc4)CC3)c2)ccc2c1CCC2. The largest absolute Gasteiger partial charge is 0.474 e. The van der Waals surface area contributed by atoms with E-state index in [1.165, 1.54) is 0 Å². The summed E-state index contributed by atoms with van der Waals surface area (Å²) >= 11 is 0. The molecule has 1 saturated heterocycles. The van der Waals surface area contributed by atoms with Gasteiger partial charge in [-0.2, -0.15) is 0 Å². The predicted molar refractivity (Wildman–Crippen MR) is 151 cm³/mol. The van der Waals surface area contributed by atoms with Crippen molar-refractivity contribution in [2.24, 2.45) is 0 Å². The summed E-state index contributed by atoms with van der Waals surface area (Å²) in [6.07, 6.45) is 6.08. The van der Waals surface area contributed by atoms with Crippen LogP contribution >= 0.6 is 0 Å². The highest BCUT2D eigenvalue weighted by atomic mass is 32.2. The first-order valence-corrected chi connectivity index (χ1v) is 15.2. The summed E-state index contributed by atoms with van der Waals surface area (Å²) in [5.74, 6) is 0.439. The van der Waals surface area contributed by atoms with Gasteiger partial charge in [-0.05, 0) is 47.6 Å². The number of pyridine rings is 1. The normalized spacial score (nSPS) is 15.3. The minimum Gasteiger partial charge on any atom is -0.474 e. The van der Waals surface area contributed by atoms with E-state index >= 15 is 0 Å². The van der Waals surface area contributed by atoms with Gasteiger partial charge in [0.15, 0.2) is 0 Å². The highest BCUT2D eigenvalue weighted by Gasteiger charge is 2.26. The third kappa shape index (κ3) is 6.90. The topological polar surface area (TPSA) is 127 Å². The smallest absolute Gasteiger partial charge is 0.410 e. The van der Waals surface area contributed by atoms with Gasteiger partial charge in [-0.15, -0.1) is 0 Å². The Morgan fingerprint density at radius 1 is 1.05 bits per heavy atom. The lowest BCUT2D eigenvalue weighted by atomic mass is 9.98. The van der Waals surface area contributed by atoms with Crippen LogP contribution in [0.3, 0.4) is 0 Å². The van der Waals surface area contributed by atoms with E-state index in [4.69, 9.17) is 9.47 Å². The van der Waals surface area contributed by atoms with E-state index in [1.807, 2.05) is 59.3 Å². The van der Waals surface area contributed by atoms with Gasteiger partial charge in [0.25, 0.3) is 0 Å². The number of nitrogens with zero attached hydrogens (tertiary/aromatic N) is 2. The number of nitrogens with one attached hydrogen (secondary N) is 2. The highest BCUT2D eigenvalue weighted by Crippen LogP contribution is 2.38. The van der Waals surface area contributed by atoms with E-state index in [0.29, 0.717) is 37.5 Å². The maximum atomic E-state index is 12.5. The fourth-order valence-corrected chi connectivity index (χ4v) is 5.52. The lowest BCUT2D eigenvalue weighted by Gasteiger charge is -2.31. The molecule has 0 bridgehead atoms. The van der Waals surface area contributed by atoms with Gasteiger partial charge in [-0.1, -0.05) is 42.5 Å². The monoisotopic (exact) mass is 564 g/mol. The van der Waals surface area contributed by atoms with E-state index in [1.54, 1.807) is 11.1 Å². The van der Waals surface area contributed by atoms with Crippen molar-refractivity contribution in [2.45, 2.75) is 44.8 Å². The van der Waals surface area contributed by atoms with Crippen LogP contribution < -0.4 is 14.8 Å². The van der Waals surface area contributed by atoms with Crippen LogP contribution in [0.15, 0.2) is 60.8 Å². The number of fused-ring (bicyclic) bond motifs is 1. The number of sulfonamides is 1. The summed E-state index contributed by atoms with van der Waals surface area (Å²) in [5.41, 5.74) is 5.22. The fourth-order valence-electron chi connectivity index (χ4n) is 5.14. The Balaban J connectivity index is 1.24. The van der Waals surface area contributed by atoms with Crippen molar-refractivity contribution in [3.05, 3.63) is 77.5 Å². The number of ether oxygens (including phenoxy) is 2. The number of anilines is 1. The predicted octanol–water partition coefficient (Wildman–Crippen LogP) is 4.50. The minimum absolute atomic E-state index is 0.112. The van der Waals surface area contributed by atoms with E-state index in [0.717, 1.165) is 53.3 Å². The molecule has 0 saturated carbocycles. The molecule has 1 aromatic heterocycles. The molecule has 0 radical (unpaired) electrons. The third-order valence-electron chi connectivity index (χ3n) is 7.04. The highest BCUT2D eigenvalue weighted by molar-refractivity contribution is 7.89. The number of likely N-dealkylation sites (tertiary alicyclic amines) is 1. The Labute approximate surface area is 233 Å². The average molecular weight is 565 g/mol. The molecule has 3 aromatic rings. The molecule has 210 valence electrons. The van der Waals surface area contributed by atoms with Crippen LogP contribution in [0, 0.1) is 0 Å². The Hall–Kier alpha value is -4.12. The number of carbonyl (C=O) groups excluding carboxylic acids is 2. The summed E-state index contributed by atoms with van der Waals surface area (Å²) < 4.78 is 36.8. The molecular formula is C29H32N4O6S. The molecule has 0 spiro atoms. The van der Waals surface area contributed by atoms with Crippen molar-refractivity contribution in [3.8, 4) is 17.0 Å². The van der Waals surface area contributed by atoms with Crippen LogP contribution in [-0.4, -0.2) is 55.9 Å². The first-order valence-electron chi connectivity index (χ1n) is 13.3. The molecule has 1 fully saturated rings. The lowest BCUT2D eigenvalue weighted by Crippen LogP contribution is -2.42. The van der Waals surface area contributed by atoms with Gasteiger partial charge in [0.2, 0.25) is 15.9 Å². The number of urea groups is 1. The number of carbonyl (C=O) groups is 2. The van der Waals surface area contributed by atoms with E-state index in [2.05, 4.69) is 10.3 Å². The number of benzene rings is 2. The molecule has 0 unspecified atom stereocenters. The Morgan fingerprint density at radius 3 is 2.58 bits per heavy atom. The van der Waals surface area contributed by atoms with Crippen molar-refractivity contribution < 1.29 is 27.5 Å². The summed E-state index contributed by atoms with van der Waals surface area (Å²) in [7, 11) is -3.71. The molecule has 1 aliphatic carbocycles. The zero-order chi connectivity index (χ0) is 28.1. The molecule has 1 aliphatic heterocycles. The molecule has 2 heterocycles. The Kier molecular flexibility index (Phi) is 8.20. The molecule has 3 amide bonds. The maximum Gasteiger partial charge on any atom is 0.410 e. The fraction of sp³-hybridized carbons (Fsp3) is 0.345. The van der Waals surface area contributed by atoms with Gasteiger partial charge >= 0.3 is 12.1 Å². The van der Waals surface area contributed by atoms with Crippen molar-refractivity contribution in [1.82, 2.24) is 14.6 Å². The maximum absolute atomic E-state index is 12.5. The number of piperidine rings is 1. The lowest BCUT2D eigenvalue weighted by molar-refractivity contribution is 0.0625. The molecule has 2 N–H and O–H groups in total. The summed E-state index contributed by atoms with van der Waals surface area (Å²) in [6, 6.07) is 16.4. The summed E-state index contributed by atoms with van der Waals surface area (Å²) in [5, 5.41) is 2.76. The van der Waals surface area contributed by atoms with Gasteiger partial charge in [-0.25, -0.2) is 27.7 Å². The average Bonchev–Trinajstić information content (AvgIpc) is 3.42. The van der Waals surface area contributed by atoms with Crippen LogP contribution in [0.1, 0.15) is 36.0 Å².